The van der Waals surface area contributed by atoms with Gasteiger partial charge in [0.2, 0.25) is 0 Å². The van der Waals surface area contributed by atoms with E-state index in [1.54, 1.807) is 12.1 Å². The van der Waals surface area contributed by atoms with Crippen LogP contribution in [-0.2, 0) is 6.42 Å². The molecule has 0 fully saturated rings. The minimum absolute atomic E-state index is 0.106. The van der Waals surface area contributed by atoms with Crippen LogP contribution in [0.4, 0.5) is 4.39 Å². The van der Waals surface area contributed by atoms with Gasteiger partial charge in [-0.05, 0) is 43.3 Å². The van der Waals surface area contributed by atoms with Gasteiger partial charge < -0.3 is 9.64 Å². The number of hydrogen-bond acceptors (Lipinski definition) is 2. The molecule has 0 aliphatic carbocycles. The number of benzene rings is 2. The van der Waals surface area contributed by atoms with Gasteiger partial charge in [-0.1, -0.05) is 38.1 Å². The van der Waals surface area contributed by atoms with Crippen molar-refractivity contribution >= 4 is 0 Å². The predicted molar refractivity (Wildman–Crippen MR) is 92.5 cm³/mol. The van der Waals surface area contributed by atoms with Gasteiger partial charge >= 0.3 is 0 Å². The number of likely N-dealkylation sites (N-methyl/N-ethyl adjacent to an activating group) is 1. The third kappa shape index (κ3) is 3.25. The minimum atomic E-state index is -0.186. The Bertz CT molecular complexity index is 694. The molecule has 0 aromatic heterocycles. The van der Waals surface area contributed by atoms with E-state index < -0.39 is 0 Å². The Morgan fingerprint density at radius 2 is 1.87 bits per heavy atom. The number of halogens is 1. The first-order valence-corrected chi connectivity index (χ1v) is 8.39. The van der Waals surface area contributed by atoms with E-state index >= 15 is 0 Å². The highest BCUT2D eigenvalue weighted by Crippen LogP contribution is 2.40. The molecule has 0 spiro atoms. The van der Waals surface area contributed by atoms with Gasteiger partial charge in [0, 0.05) is 24.1 Å². The first kappa shape index (κ1) is 16.0. The summed E-state index contributed by atoms with van der Waals surface area (Å²) in [4.78, 5) is 2.35. The molecule has 1 aliphatic rings. The molecule has 0 radical (unpaired) electrons. The van der Waals surface area contributed by atoms with Crippen molar-refractivity contribution in [1.29, 1.82) is 0 Å². The van der Waals surface area contributed by atoms with Crippen LogP contribution in [0.2, 0.25) is 0 Å². The summed E-state index contributed by atoms with van der Waals surface area (Å²) in [7, 11) is 0. The van der Waals surface area contributed by atoms with Crippen LogP contribution in [0.5, 0.6) is 5.75 Å². The lowest BCUT2D eigenvalue weighted by molar-refractivity contribution is 0.159. The Morgan fingerprint density at radius 1 is 1.13 bits per heavy atom. The number of aryl methyl sites for hydroxylation is 1. The molecule has 3 heteroatoms. The molecule has 0 amide bonds. The first-order valence-electron chi connectivity index (χ1n) is 8.39. The van der Waals surface area contributed by atoms with Crippen molar-refractivity contribution in [2.75, 3.05) is 19.6 Å². The zero-order chi connectivity index (χ0) is 16.4. The van der Waals surface area contributed by atoms with Crippen molar-refractivity contribution in [3.05, 3.63) is 53.3 Å². The molecule has 1 atom stereocenters. The van der Waals surface area contributed by atoms with E-state index in [1.165, 1.54) is 0 Å². The molecule has 1 unspecified atom stereocenters. The largest absolute Gasteiger partial charge is 0.488 e. The van der Waals surface area contributed by atoms with Crippen LogP contribution in [0.3, 0.4) is 0 Å². The van der Waals surface area contributed by atoms with Crippen LogP contribution in [0.25, 0.3) is 11.1 Å². The molecule has 0 N–H and O–H groups in total. The van der Waals surface area contributed by atoms with Crippen LogP contribution in [-0.4, -0.2) is 30.6 Å². The van der Waals surface area contributed by atoms with Crippen LogP contribution < -0.4 is 4.74 Å². The van der Waals surface area contributed by atoms with Gasteiger partial charge in [0.1, 0.15) is 17.7 Å². The van der Waals surface area contributed by atoms with Crippen molar-refractivity contribution in [3.8, 4) is 16.9 Å². The molecule has 2 aromatic carbocycles. The summed E-state index contributed by atoms with van der Waals surface area (Å²) in [5.74, 6) is 0.673. The van der Waals surface area contributed by atoms with Gasteiger partial charge in [0.25, 0.3) is 0 Å². The SMILES string of the molecule is CCN(CC)CC1Cc2cc(F)cc(-c3ccccc3C)c2O1. The number of ether oxygens (including phenoxy) is 1. The van der Waals surface area contributed by atoms with Crippen molar-refractivity contribution < 1.29 is 9.13 Å². The second-order valence-electron chi connectivity index (χ2n) is 6.19. The molecular weight excluding hydrogens is 289 g/mol. The van der Waals surface area contributed by atoms with Crippen molar-refractivity contribution in [1.82, 2.24) is 4.90 Å². The zero-order valence-corrected chi connectivity index (χ0v) is 14.1. The fraction of sp³-hybridized carbons (Fsp3) is 0.400. The standard InChI is InChI=1S/C20H24FNO/c1-4-22(5-2)13-17-11-15-10-16(21)12-19(20(15)23-17)18-9-7-6-8-14(18)3/h6-10,12,17H,4-5,11,13H2,1-3H3. The lowest BCUT2D eigenvalue weighted by atomic mass is 9.97. The smallest absolute Gasteiger partial charge is 0.131 e. The average Bonchev–Trinajstić information content (AvgIpc) is 2.94. The van der Waals surface area contributed by atoms with Gasteiger partial charge in [-0.25, -0.2) is 4.39 Å². The number of nitrogens with zero attached hydrogens (tertiary/aromatic N) is 1. The van der Waals surface area contributed by atoms with E-state index in [0.717, 1.165) is 54.1 Å². The Labute approximate surface area is 137 Å². The maximum atomic E-state index is 14.1. The van der Waals surface area contributed by atoms with Gasteiger partial charge in [-0.15, -0.1) is 0 Å². The van der Waals surface area contributed by atoms with Crippen molar-refractivity contribution in [3.63, 3.8) is 0 Å². The van der Waals surface area contributed by atoms with E-state index in [2.05, 4.69) is 31.7 Å². The molecule has 2 aromatic rings. The van der Waals surface area contributed by atoms with E-state index in [1.807, 2.05) is 18.2 Å². The summed E-state index contributed by atoms with van der Waals surface area (Å²) in [6.45, 7) is 9.26. The second kappa shape index (κ2) is 6.71. The van der Waals surface area contributed by atoms with E-state index in [4.69, 9.17) is 4.74 Å². The molecule has 2 nitrogen and oxygen atoms in total. The molecule has 0 bridgehead atoms. The van der Waals surface area contributed by atoms with Gasteiger partial charge in [0.05, 0.1) is 0 Å². The molecule has 122 valence electrons. The maximum Gasteiger partial charge on any atom is 0.131 e. The highest BCUT2D eigenvalue weighted by atomic mass is 19.1. The van der Waals surface area contributed by atoms with Crippen LogP contribution in [0.15, 0.2) is 36.4 Å². The highest BCUT2D eigenvalue weighted by Gasteiger charge is 2.28. The number of fused-ring (bicyclic) bond motifs is 1. The van der Waals surface area contributed by atoms with Crippen LogP contribution >= 0.6 is 0 Å². The summed E-state index contributed by atoms with van der Waals surface area (Å²) in [6, 6.07) is 11.3. The molecule has 0 saturated carbocycles. The fourth-order valence-corrected chi connectivity index (χ4v) is 3.34. The molecular formula is C20H24FNO. The third-order valence-corrected chi connectivity index (χ3v) is 4.65. The van der Waals surface area contributed by atoms with Crippen molar-refractivity contribution in [2.45, 2.75) is 33.3 Å². The topological polar surface area (TPSA) is 12.5 Å². The maximum absolute atomic E-state index is 14.1. The summed E-state index contributed by atoms with van der Waals surface area (Å²) in [5, 5.41) is 0. The Morgan fingerprint density at radius 3 is 2.57 bits per heavy atom. The lowest BCUT2D eigenvalue weighted by Gasteiger charge is -2.22. The monoisotopic (exact) mass is 313 g/mol. The Kier molecular flexibility index (Phi) is 4.67. The predicted octanol–water partition coefficient (Wildman–Crippen LogP) is 4.45. The molecule has 1 heterocycles. The molecule has 1 aliphatic heterocycles. The fourth-order valence-electron chi connectivity index (χ4n) is 3.34. The summed E-state index contributed by atoms with van der Waals surface area (Å²) in [5.41, 5.74) is 4.04. The van der Waals surface area contributed by atoms with E-state index in [0.29, 0.717) is 0 Å². The summed E-state index contributed by atoms with van der Waals surface area (Å²) < 4.78 is 20.3. The van der Waals surface area contributed by atoms with Crippen LogP contribution in [0, 0.1) is 12.7 Å². The Balaban J connectivity index is 1.94. The highest BCUT2D eigenvalue weighted by molar-refractivity contribution is 5.75. The van der Waals surface area contributed by atoms with Gasteiger partial charge in [0.15, 0.2) is 0 Å². The van der Waals surface area contributed by atoms with Crippen molar-refractivity contribution in [2.24, 2.45) is 0 Å². The lowest BCUT2D eigenvalue weighted by Crippen LogP contribution is -2.34. The van der Waals surface area contributed by atoms with Gasteiger partial charge in [-0.2, -0.15) is 0 Å². The average molecular weight is 313 g/mol. The minimum Gasteiger partial charge on any atom is -0.488 e. The van der Waals surface area contributed by atoms with E-state index in [-0.39, 0.29) is 11.9 Å². The first-order chi connectivity index (χ1) is 11.1. The molecule has 0 saturated heterocycles. The number of hydrogen-bond donors (Lipinski definition) is 0. The van der Waals surface area contributed by atoms with Crippen LogP contribution in [0.1, 0.15) is 25.0 Å². The quantitative estimate of drug-likeness (QED) is 0.809. The second-order valence-corrected chi connectivity index (χ2v) is 6.19. The summed E-state index contributed by atoms with van der Waals surface area (Å²) >= 11 is 0. The normalized spacial score (nSPS) is 16.5. The number of rotatable bonds is 5. The van der Waals surface area contributed by atoms with E-state index in [9.17, 15) is 4.39 Å². The molecule has 3 rings (SSSR count). The van der Waals surface area contributed by atoms with Gasteiger partial charge in [-0.3, -0.25) is 0 Å². The zero-order valence-electron chi connectivity index (χ0n) is 14.1. The third-order valence-electron chi connectivity index (χ3n) is 4.65. The molecule has 23 heavy (non-hydrogen) atoms. The Hall–Kier alpha value is -1.87. The summed E-state index contributed by atoms with van der Waals surface area (Å²) in [6.07, 6.45) is 0.886.